The molecule has 4 heteroatoms. The lowest BCUT2D eigenvalue weighted by Gasteiger charge is -2.00. The first kappa shape index (κ1) is 9.45. The van der Waals surface area contributed by atoms with Crippen molar-refractivity contribution in [2.45, 2.75) is 0 Å². The van der Waals surface area contributed by atoms with Gasteiger partial charge in [0.25, 0.3) is 0 Å². The molecule has 0 aromatic carbocycles. The van der Waals surface area contributed by atoms with Gasteiger partial charge in [0.05, 0.1) is 11.8 Å². The van der Waals surface area contributed by atoms with Crippen molar-refractivity contribution in [2.24, 2.45) is 0 Å². The van der Waals surface area contributed by atoms with E-state index in [9.17, 15) is 9.18 Å². The molecule has 0 aliphatic heterocycles. The van der Waals surface area contributed by atoms with Gasteiger partial charge in [-0.05, 0) is 18.2 Å². The first-order valence-electron chi connectivity index (χ1n) is 4.33. The second-order valence-corrected chi connectivity index (χ2v) is 2.93. The van der Waals surface area contributed by atoms with Crippen molar-refractivity contribution in [2.75, 3.05) is 0 Å². The lowest BCUT2D eigenvalue weighted by atomic mass is 10.1. The molecule has 0 saturated carbocycles. The maximum absolute atomic E-state index is 13.2. The van der Waals surface area contributed by atoms with Gasteiger partial charge in [0.15, 0.2) is 11.6 Å². The normalized spacial score (nSPS) is 9.93. The van der Waals surface area contributed by atoms with Gasteiger partial charge in [-0.3, -0.25) is 14.8 Å². The maximum Gasteiger partial charge on any atom is 0.197 e. The molecule has 0 atom stereocenters. The summed E-state index contributed by atoms with van der Waals surface area (Å²) in [5, 5.41) is 0. The highest BCUT2D eigenvalue weighted by atomic mass is 19.1. The van der Waals surface area contributed by atoms with Crippen LogP contribution in [0.25, 0.3) is 0 Å². The first-order valence-corrected chi connectivity index (χ1v) is 4.33. The fraction of sp³-hybridized carbons (Fsp3) is 0. The van der Waals surface area contributed by atoms with Crippen LogP contribution in [0.5, 0.6) is 0 Å². The number of carbonyl (C=O) groups excluding carboxylic acids is 1. The zero-order chi connectivity index (χ0) is 10.7. The smallest absolute Gasteiger partial charge is 0.197 e. The van der Waals surface area contributed by atoms with Gasteiger partial charge in [0.1, 0.15) is 0 Å². The molecule has 0 spiro atoms. The number of carbonyl (C=O) groups is 1. The number of ketones is 1. The van der Waals surface area contributed by atoms with E-state index in [1.807, 2.05) is 0 Å². The standard InChI is InChI=1S/C11H7FN2O/c12-10-7-14-5-3-9(10)11(15)8-2-1-4-13-6-8/h1-7H. The van der Waals surface area contributed by atoms with E-state index in [1.165, 1.54) is 18.5 Å². The molecule has 0 radical (unpaired) electrons. The summed E-state index contributed by atoms with van der Waals surface area (Å²) in [5.41, 5.74) is 0.376. The van der Waals surface area contributed by atoms with Gasteiger partial charge >= 0.3 is 0 Å². The number of aromatic nitrogens is 2. The van der Waals surface area contributed by atoms with E-state index in [4.69, 9.17) is 0 Å². The Balaban J connectivity index is 2.42. The lowest BCUT2D eigenvalue weighted by molar-refractivity contribution is 0.103. The molecule has 15 heavy (non-hydrogen) atoms. The van der Waals surface area contributed by atoms with Crippen molar-refractivity contribution in [1.82, 2.24) is 9.97 Å². The molecule has 0 N–H and O–H groups in total. The summed E-state index contributed by atoms with van der Waals surface area (Å²) in [6.45, 7) is 0. The van der Waals surface area contributed by atoms with Crippen LogP contribution in [-0.2, 0) is 0 Å². The molecule has 74 valence electrons. The van der Waals surface area contributed by atoms with E-state index in [2.05, 4.69) is 9.97 Å². The first-order chi connectivity index (χ1) is 7.29. The van der Waals surface area contributed by atoms with Crippen molar-refractivity contribution in [1.29, 1.82) is 0 Å². The van der Waals surface area contributed by atoms with Crippen LogP contribution in [0.15, 0.2) is 43.0 Å². The zero-order valence-electron chi connectivity index (χ0n) is 7.72. The molecule has 2 aromatic rings. The third-order valence-corrected chi connectivity index (χ3v) is 1.94. The lowest BCUT2D eigenvalue weighted by Crippen LogP contribution is -2.04. The Kier molecular flexibility index (Phi) is 2.49. The summed E-state index contributed by atoms with van der Waals surface area (Å²) < 4.78 is 13.2. The summed E-state index contributed by atoms with van der Waals surface area (Å²) in [6, 6.07) is 4.58. The van der Waals surface area contributed by atoms with Crippen LogP contribution in [0.3, 0.4) is 0 Å². The molecular formula is C11H7FN2O. The van der Waals surface area contributed by atoms with Crippen LogP contribution in [0, 0.1) is 5.82 Å². The molecule has 0 unspecified atom stereocenters. The Labute approximate surface area is 85.6 Å². The van der Waals surface area contributed by atoms with Crippen LogP contribution < -0.4 is 0 Å². The van der Waals surface area contributed by atoms with E-state index in [-0.39, 0.29) is 11.3 Å². The van der Waals surface area contributed by atoms with E-state index < -0.39 is 5.82 Å². The topological polar surface area (TPSA) is 42.9 Å². The van der Waals surface area contributed by atoms with Crippen LogP contribution in [0.1, 0.15) is 15.9 Å². The van der Waals surface area contributed by atoms with Gasteiger partial charge in [-0.15, -0.1) is 0 Å². The Morgan fingerprint density at radius 1 is 1.13 bits per heavy atom. The molecular weight excluding hydrogens is 195 g/mol. The number of halogens is 1. The molecule has 2 rings (SSSR count). The van der Waals surface area contributed by atoms with Crippen molar-refractivity contribution in [3.8, 4) is 0 Å². The zero-order valence-corrected chi connectivity index (χ0v) is 7.72. The summed E-state index contributed by atoms with van der Waals surface area (Å²) in [5.74, 6) is -1.01. The van der Waals surface area contributed by atoms with Gasteiger partial charge in [-0.1, -0.05) is 0 Å². The highest BCUT2D eigenvalue weighted by molar-refractivity contribution is 6.08. The van der Waals surface area contributed by atoms with Gasteiger partial charge < -0.3 is 0 Å². The van der Waals surface area contributed by atoms with E-state index in [1.54, 1.807) is 18.3 Å². The predicted molar refractivity (Wildman–Crippen MR) is 51.9 cm³/mol. The Morgan fingerprint density at radius 2 is 1.93 bits per heavy atom. The molecule has 0 saturated heterocycles. The maximum atomic E-state index is 13.2. The molecule has 0 aliphatic carbocycles. The van der Waals surface area contributed by atoms with E-state index in [0.717, 1.165) is 6.20 Å². The number of hydrogen-bond acceptors (Lipinski definition) is 3. The highest BCUT2D eigenvalue weighted by Gasteiger charge is 2.13. The van der Waals surface area contributed by atoms with Crippen molar-refractivity contribution < 1.29 is 9.18 Å². The van der Waals surface area contributed by atoms with Gasteiger partial charge in [-0.25, -0.2) is 4.39 Å². The molecule has 0 amide bonds. The number of pyridine rings is 2. The van der Waals surface area contributed by atoms with Crippen LogP contribution >= 0.6 is 0 Å². The van der Waals surface area contributed by atoms with Crippen LogP contribution in [0.4, 0.5) is 4.39 Å². The fourth-order valence-electron chi connectivity index (χ4n) is 1.21. The molecule has 3 nitrogen and oxygen atoms in total. The minimum atomic E-state index is -0.619. The van der Waals surface area contributed by atoms with E-state index in [0.29, 0.717) is 5.56 Å². The number of rotatable bonds is 2. The summed E-state index contributed by atoms with van der Waals surface area (Å²) in [4.78, 5) is 19.1. The second-order valence-electron chi connectivity index (χ2n) is 2.93. The van der Waals surface area contributed by atoms with Gasteiger partial charge in [0.2, 0.25) is 0 Å². The van der Waals surface area contributed by atoms with Gasteiger partial charge in [0, 0.05) is 24.2 Å². The Bertz CT molecular complexity index is 485. The predicted octanol–water partition coefficient (Wildman–Crippen LogP) is 1.85. The van der Waals surface area contributed by atoms with Crippen LogP contribution in [-0.4, -0.2) is 15.8 Å². The van der Waals surface area contributed by atoms with Gasteiger partial charge in [-0.2, -0.15) is 0 Å². The summed E-state index contributed by atoms with van der Waals surface area (Å²) >= 11 is 0. The summed E-state index contributed by atoms with van der Waals surface area (Å²) in [6.07, 6.45) is 5.36. The Hall–Kier alpha value is -2.10. The van der Waals surface area contributed by atoms with Crippen molar-refractivity contribution in [3.63, 3.8) is 0 Å². The average Bonchev–Trinajstić information content (AvgIpc) is 2.30. The highest BCUT2D eigenvalue weighted by Crippen LogP contribution is 2.10. The minimum absolute atomic E-state index is 0.0120. The number of hydrogen-bond donors (Lipinski definition) is 0. The molecule has 0 bridgehead atoms. The van der Waals surface area contributed by atoms with Crippen LogP contribution in [0.2, 0.25) is 0 Å². The minimum Gasteiger partial charge on any atom is -0.288 e. The quantitative estimate of drug-likeness (QED) is 0.698. The van der Waals surface area contributed by atoms with E-state index >= 15 is 0 Å². The molecule has 0 fully saturated rings. The SMILES string of the molecule is O=C(c1cccnc1)c1ccncc1F. The van der Waals surface area contributed by atoms with Crippen molar-refractivity contribution in [3.05, 3.63) is 59.9 Å². The fourth-order valence-corrected chi connectivity index (χ4v) is 1.21. The average molecular weight is 202 g/mol. The Morgan fingerprint density at radius 3 is 2.60 bits per heavy atom. The summed E-state index contributed by atoms with van der Waals surface area (Å²) in [7, 11) is 0. The largest absolute Gasteiger partial charge is 0.288 e. The number of nitrogens with zero attached hydrogens (tertiary/aromatic N) is 2. The monoisotopic (exact) mass is 202 g/mol. The second kappa shape index (κ2) is 3.96. The molecule has 0 aliphatic rings. The van der Waals surface area contributed by atoms with Crippen molar-refractivity contribution >= 4 is 5.78 Å². The molecule has 2 heterocycles. The molecule has 2 aromatic heterocycles. The third kappa shape index (κ3) is 1.88. The third-order valence-electron chi connectivity index (χ3n) is 1.94.